The van der Waals surface area contributed by atoms with Crippen LogP contribution in [0.4, 0.5) is 0 Å². The standard InChI is InChI=1S/C26H56N4O/c1-22(31)27-16-21-28(17-14-19-29(23(2,3)4)24(5,6)7)18-15-20-30(25(8,9)10)26(11,12)13/h14-21H2,1-13H3,(H,27,31). The molecule has 0 rings (SSSR count). The zero-order valence-corrected chi connectivity index (χ0v) is 23.4. The molecule has 0 heterocycles. The van der Waals surface area contributed by atoms with Crippen molar-refractivity contribution in [1.29, 1.82) is 0 Å². The maximum absolute atomic E-state index is 11.3. The number of carbonyl (C=O) groups excluding carboxylic acids is 1. The van der Waals surface area contributed by atoms with Crippen molar-refractivity contribution in [1.82, 2.24) is 20.0 Å². The van der Waals surface area contributed by atoms with Crippen LogP contribution in [0, 0.1) is 0 Å². The van der Waals surface area contributed by atoms with Crippen molar-refractivity contribution in [2.75, 3.05) is 39.3 Å². The lowest BCUT2D eigenvalue weighted by Crippen LogP contribution is -2.53. The van der Waals surface area contributed by atoms with Gasteiger partial charge in [0.25, 0.3) is 0 Å². The quantitative estimate of drug-likeness (QED) is 0.490. The Morgan fingerprint density at radius 2 is 0.903 bits per heavy atom. The first-order valence-electron chi connectivity index (χ1n) is 12.3. The monoisotopic (exact) mass is 440 g/mol. The van der Waals surface area contributed by atoms with Crippen molar-refractivity contribution in [3.8, 4) is 0 Å². The van der Waals surface area contributed by atoms with Crippen molar-refractivity contribution in [3.63, 3.8) is 0 Å². The van der Waals surface area contributed by atoms with Gasteiger partial charge >= 0.3 is 0 Å². The fourth-order valence-corrected chi connectivity index (χ4v) is 4.98. The predicted molar refractivity (Wildman–Crippen MR) is 137 cm³/mol. The maximum Gasteiger partial charge on any atom is 0.216 e. The van der Waals surface area contributed by atoms with Gasteiger partial charge in [-0.25, -0.2) is 0 Å². The second-order valence-corrected chi connectivity index (χ2v) is 13.0. The van der Waals surface area contributed by atoms with Gasteiger partial charge in [-0.05, 0) is 109 Å². The van der Waals surface area contributed by atoms with Crippen LogP contribution < -0.4 is 5.32 Å². The van der Waals surface area contributed by atoms with Crippen molar-refractivity contribution in [3.05, 3.63) is 0 Å². The molecule has 0 aliphatic rings. The average Bonchev–Trinajstić information content (AvgIpc) is 2.49. The van der Waals surface area contributed by atoms with E-state index in [-0.39, 0.29) is 28.1 Å². The van der Waals surface area contributed by atoms with E-state index < -0.39 is 0 Å². The van der Waals surface area contributed by atoms with Gasteiger partial charge in [0, 0.05) is 55.3 Å². The molecule has 0 spiro atoms. The smallest absolute Gasteiger partial charge is 0.216 e. The van der Waals surface area contributed by atoms with E-state index in [1.807, 2.05) is 0 Å². The van der Waals surface area contributed by atoms with E-state index in [2.05, 4.69) is 103 Å². The second-order valence-electron chi connectivity index (χ2n) is 13.0. The van der Waals surface area contributed by atoms with Crippen LogP contribution in [-0.4, -0.2) is 82.0 Å². The van der Waals surface area contributed by atoms with Gasteiger partial charge in [0.05, 0.1) is 0 Å². The van der Waals surface area contributed by atoms with Gasteiger partial charge in [-0.15, -0.1) is 0 Å². The van der Waals surface area contributed by atoms with E-state index in [9.17, 15) is 4.79 Å². The van der Waals surface area contributed by atoms with Crippen molar-refractivity contribution in [2.24, 2.45) is 0 Å². The van der Waals surface area contributed by atoms with Gasteiger partial charge in [-0.3, -0.25) is 14.6 Å². The summed E-state index contributed by atoms with van der Waals surface area (Å²) in [5, 5.41) is 2.97. The fraction of sp³-hybridized carbons (Fsp3) is 0.962. The Balaban J connectivity index is 4.97. The lowest BCUT2D eigenvalue weighted by molar-refractivity contribution is -0.119. The van der Waals surface area contributed by atoms with Crippen LogP contribution in [0.5, 0.6) is 0 Å². The Labute approximate surface area is 195 Å². The number of carbonyl (C=O) groups is 1. The van der Waals surface area contributed by atoms with Crippen LogP contribution in [0.1, 0.15) is 103 Å². The third-order valence-electron chi connectivity index (χ3n) is 5.75. The molecule has 0 atom stereocenters. The first kappa shape index (κ1) is 30.4. The second kappa shape index (κ2) is 12.0. The third-order valence-corrected chi connectivity index (χ3v) is 5.75. The van der Waals surface area contributed by atoms with Crippen LogP contribution in [0.15, 0.2) is 0 Å². The van der Waals surface area contributed by atoms with Crippen LogP contribution in [0.25, 0.3) is 0 Å². The summed E-state index contributed by atoms with van der Waals surface area (Å²) >= 11 is 0. The molecule has 0 aromatic rings. The van der Waals surface area contributed by atoms with Crippen LogP contribution in [0.3, 0.4) is 0 Å². The summed E-state index contributed by atoms with van der Waals surface area (Å²) in [6.07, 6.45) is 2.27. The minimum Gasteiger partial charge on any atom is -0.355 e. The predicted octanol–water partition coefficient (Wildman–Crippen LogP) is 5.00. The largest absolute Gasteiger partial charge is 0.355 e. The van der Waals surface area contributed by atoms with E-state index in [0.717, 1.165) is 52.1 Å². The molecule has 5 heteroatoms. The first-order valence-corrected chi connectivity index (χ1v) is 12.3. The molecule has 0 aromatic heterocycles. The summed E-state index contributed by atoms with van der Waals surface area (Å²) in [6.45, 7) is 35.2. The van der Waals surface area contributed by atoms with Crippen LogP contribution >= 0.6 is 0 Å². The molecular weight excluding hydrogens is 384 g/mol. The lowest BCUT2D eigenvalue weighted by Gasteiger charge is -2.46. The maximum atomic E-state index is 11.3. The number of hydrogen-bond donors (Lipinski definition) is 1. The van der Waals surface area contributed by atoms with Crippen molar-refractivity contribution >= 4 is 5.91 Å². The summed E-state index contributed by atoms with van der Waals surface area (Å²) in [6, 6.07) is 0. The highest BCUT2D eigenvalue weighted by atomic mass is 16.1. The normalized spacial score (nSPS) is 14.1. The highest BCUT2D eigenvalue weighted by Crippen LogP contribution is 2.26. The van der Waals surface area contributed by atoms with Gasteiger partial charge in [-0.1, -0.05) is 0 Å². The number of nitrogens with one attached hydrogen (secondary N) is 1. The highest BCUT2D eigenvalue weighted by molar-refractivity contribution is 5.72. The van der Waals surface area contributed by atoms with Gasteiger partial charge < -0.3 is 10.2 Å². The molecule has 1 N–H and O–H groups in total. The molecule has 0 bridgehead atoms. The summed E-state index contributed by atoms with van der Waals surface area (Å²) in [7, 11) is 0. The Bertz CT molecular complexity index is 451. The zero-order valence-electron chi connectivity index (χ0n) is 23.4. The van der Waals surface area contributed by atoms with Gasteiger partial charge in [-0.2, -0.15) is 0 Å². The topological polar surface area (TPSA) is 38.8 Å². The third kappa shape index (κ3) is 12.8. The van der Waals surface area contributed by atoms with Gasteiger partial charge in [0.1, 0.15) is 0 Å². The molecular formula is C26H56N4O. The van der Waals surface area contributed by atoms with Crippen molar-refractivity contribution in [2.45, 2.75) is 125 Å². The highest BCUT2D eigenvalue weighted by Gasteiger charge is 2.32. The van der Waals surface area contributed by atoms with Crippen LogP contribution in [0.2, 0.25) is 0 Å². The zero-order chi connectivity index (χ0) is 24.7. The van der Waals surface area contributed by atoms with Gasteiger partial charge in [0.15, 0.2) is 0 Å². The number of rotatable bonds is 11. The molecule has 0 radical (unpaired) electrons. The lowest BCUT2D eigenvalue weighted by atomic mass is 9.95. The number of nitrogens with zero attached hydrogens (tertiary/aromatic N) is 3. The molecule has 5 nitrogen and oxygen atoms in total. The molecule has 0 unspecified atom stereocenters. The van der Waals surface area contributed by atoms with Gasteiger partial charge in [0.2, 0.25) is 5.91 Å². The molecule has 1 amide bonds. The van der Waals surface area contributed by atoms with Crippen molar-refractivity contribution < 1.29 is 4.79 Å². The SMILES string of the molecule is CC(=O)NCCN(CCCN(C(C)(C)C)C(C)(C)C)CCCN(C(C)(C)C)C(C)(C)C. The number of amides is 1. The molecule has 0 aliphatic heterocycles. The number of hydrogen-bond acceptors (Lipinski definition) is 4. The average molecular weight is 441 g/mol. The summed E-state index contributed by atoms with van der Waals surface area (Å²) < 4.78 is 0. The van der Waals surface area contributed by atoms with E-state index in [1.54, 1.807) is 6.92 Å². The summed E-state index contributed by atoms with van der Waals surface area (Å²) in [4.78, 5) is 19.1. The van der Waals surface area contributed by atoms with Crippen LogP contribution in [-0.2, 0) is 4.79 Å². The fourth-order valence-electron chi connectivity index (χ4n) is 4.98. The minimum atomic E-state index is 0.0539. The molecule has 0 saturated carbocycles. The molecule has 0 aliphatic carbocycles. The molecule has 186 valence electrons. The molecule has 31 heavy (non-hydrogen) atoms. The Morgan fingerprint density at radius 1 is 0.581 bits per heavy atom. The summed E-state index contributed by atoms with van der Waals surface area (Å²) in [5.41, 5.74) is 0.608. The Kier molecular flexibility index (Phi) is 11.7. The van der Waals surface area contributed by atoms with E-state index in [1.165, 1.54) is 0 Å². The molecule has 0 aromatic carbocycles. The van der Waals surface area contributed by atoms with E-state index in [4.69, 9.17) is 0 Å². The Morgan fingerprint density at radius 3 is 1.16 bits per heavy atom. The van der Waals surface area contributed by atoms with E-state index in [0.29, 0.717) is 0 Å². The molecule has 0 fully saturated rings. The molecule has 0 saturated heterocycles. The Hall–Kier alpha value is -0.650. The minimum absolute atomic E-state index is 0.0539. The first-order chi connectivity index (χ1) is 13.8. The van der Waals surface area contributed by atoms with E-state index >= 15 is 0 Å². The summed E-state index contributed by atoms with van der Waals surface area (Å²) in [5.74, 6) is 0.0539.